The van der Waals surface area contributed by atoms with Gasteiger partial charge in [-0.05, 0) is 12.1 Å². The van der Waals surface area contributed by atoms with Crippen LogP contribution in [-0.4, -0.2) is 21.8 Å². The van der Waals surface area contributed by atoms with Crippen molar-refractivity contribution in [1.29, 1.82) is 10.8 Å². The number of hydrogen-bond donors (Lipinski definition) is 2. The molecule has 14 heavy (non-hydrogen) atoms. The Morgan fingerprint density at radius 3 is 2.50 bits per heavy atom. The van der Waals surface area contributed by atoms with Gasteiger partial charge in [-0.1, -0.05) is 11.6 Å². The summed E-state index contributed by atoms with van der Waals surface area (Å²) in [7, 11) is 0. The van der Waals surface area contributed by atoms with Gasteiger partial charge in [0.2, 0.25) is 5.84 Å². The predicted octanol–water partition coefficient (Wildman–Crippen LogP) is 1.40. The summed E-state index contributed by atoms with van der Waals surface area (Å²) in [5.41, 5.74) is -0.559. The molecule has 0 amide bonds. The standard InChI is InChI=1S/C6H4ClF3N4/c7-3-1-2-4(11)14(13-3)5(12)6(8,9)10/h1-2,11-12H. The lowest BCUT2D eigenvalue weighted by atomic mass is 10.5. The van der Waals surface area contributed by atoms with Gasteiger partial charge in [0.1, 0.15) is 10.6 Å². The van der Waals surface area contributed by atoms with Crippen molar-refractivity contribution >= 4 is 17.4 Å². The van der Waals surface area contributed by atoms with Crippen molar-refractivity contribution < 1.29 is 13.2 Å². The van der Waals surface area contributed by atoms with Gasteiger partial charge in [0.25, 0.3) is 0 Å². The molecule has 2 N–H and O–H groups in total. The molecule has 0 saturated carbocycles. The summed E-state index contributed by atoms with van der Waals surface area (Å²) in [6, 6.07) is 2.19. The number of halogens is 4. The van der Waals surface area contributed by atoms with Gasteiger partial charge >= 0.3 is 6.18 Å². The van der Waals surface area contributed by atoms with Gasteiger partial charge in [-0.15, -0.1) is 0 Å². The molecule has 4 nitrogen and oxygen atoms in total. The minimum absolute atomic E-state index is 0.113. The van der Waals surface area contributed by atoms with Crippen LogP contribution in [-0.2, 0) is 0 Å². The smallest absolute Gasteiger partial charge is 0.283 e. The van der Waals surface area contributed by atoms with Gasteiger partial charge < -0.3 is 0 Å². The molecule has 0 atom stereocenters. The van der Waals surface area contributed by atoms with Crippen LogP contribution in [0.5, 0.6) is 0 Å². The average molecular weight is 225 g/mol. The first kappa shape index (κ1) is 10.7. The second-order valence-electron chi connectivity index (χ2n) is 2.30. The monoisotopic (exact) mass is 224 g/mol. The van der Waals surface area contributed by atoms with E-state index in [1.165, 1.54) is 6.07 Å². The summed E-state index contributed by atoms with van der Waals surface area (Å²) in [6.45, 7) is 0. The zero-order valence-electron chi connectivity index (χ0n) is 6.56. The van der Waals surface area contributed by atoms with Crippen LogP contribution in [0, 0.1) is 10.8 Å². The minimum atomic E-state index is -4.85. The normalized spacial score (nSPS) is 11.4. The van der Waals surface area contributed by atoms with Crippen molar-refractivity contribution in [2.75, 3.05) is 0 Å². The Morgan fingerprint density at radius 1 is 1.43 bits per heavy atom. The first-order chi connectivity index (χ1) is 6.32. The summed E-state index contributed by atoms with van der Waals surface area (Å²) < 4.78 is 36.2. The zero-order valence-corrected chi connectivity index (χ0v) is 7.32. The van der Waals surface area contributed by atoms with Crippen LogP contribution in [0.1, 0.15) is 0 Å². The zero-order chi connectivity index (χ0) is 10.9. The van der Waals surface area contributed by atoms with Crippen LogP contribution in [0.15, 0.2) is 12.1 Å². The van der Waals surface area contributed by atoms with Gasteiger partial charge in [0.05, 0.1) is 0 Å². The molecule has 0 aliphatic carbocycles. The van der Waals surface area contributed by atoms with Crippen molar-refractivity contribution in [1.82, 2.24) is 9.78 Å². The molecule has 0 fully saturated rings. The molecular weight excluding hydrogens is 221 g/mol. The van der Waals surface area contributed by atoms with E-state index in [2.05, 4.69) is 5.10 Å². The van der Waals surface area contributed by atoms with Crippen molar-refractivity contribution in [3.8, 4) is 0 Å². The molecule has 0 aromatic carbocycles. The molecule has 0 aliphatic rings. The fraction of sp³-hybridized carbons (Fsp3) is 0.167. The quantitative estimate of drug-likeness (QED) is 0.508. The maximum absolute atomic E-state index is 12.0. The van der Waals surface area contributed by atoms with Crippen molar-refractivity contribution in [2.24, 2.45) is 0 Å². The van der Waals surface area contributed by atoms with Crippen LogP contribution in [0.4, 0.5) is 13.2 Å². The lowest BCUT2D eigenvalue weighted by molar-refractivity contribution is -0.0632. The second kappa shape index (κ2) is 3.41. The first-order valence-corrected chi connectivity index (χ1v) is 3.67. The predicted molar refractivity (Wildman–Crippen MR) is 42.3 cm³/mol. The second-order valence-corrected chi connectivity index (χ2v) is 2.69. The maximum atomic E-state index is 12.0. The highest BCUT2D eigenvalue weighted by atomic mass is 35.5. The fourth-order valence-corrected chi connectivity index (χ4v) is 0.830. The molecule has 1 aromatic heterocycles. The highest BCUT2D eigenvalue weighted by molar-refractivity contribution is 6.29. The Labute approximate surface area is 80.9 Å². The van der Waals surface area contributed by atoms with E-state index in [1.807, 2.05) is 0 Å². The summed E-state index contributed by atoms with van der Waals surface area (Å²) in [6.07, 6.45) is -4.85. The fourth-order valence-electron chi connectivity index (χ4n) is 0.692. The molecule has 1 rings (SSSR count). The Hall–Kier alpha value is -1.37. The van der Waals surface area contributed by atoms with E-state index in [-0.39, 0.29) is 9.83 Å². The highest BCUT2D eigenvalue weighted by Crippen LogP contribution is 2.16. The van der Waals surface area contributed by atoms with E-state index < -0.39 is 17.5 Å². The number of nitrogens with zero attached hydrogens (tertiary/aromatic N) is 2. The summed E-state index contributed by atoms with van der Waals surface area (Å²) in [5, 5.41) is 16.8. The number of nitrogens with one attached hydrogen (secondary N) is 2. The molecule has 1 heterocycles. The topological polar surface area (TPSA) is 65.5 Å². The molecule has 8 heteroatoms. The van der Waals surface area contributed by atoms with Gasteiger partial charge in [-0.25, -0.2) is 0 Å². The maximum Gasteiger partial charge on any atom is 0.451 e. The van der Waals surface area contributed by atoms with Crippen LogP contribution < -0.4 is 5.49 Å². The SMILES string of the molecule is N=C(n1nc(Cl)ccc1=N)C(F)(F)F. The first-order valence-electron chi connectivity index (χ1n) is 3.29. The van der Waals surface area contributed by atoms with Crippen molar-refractivity contribution in [2.45, 2.75) is 6.18 Å². The Morgan fingerprint density at radius 2 is 2.00 bits per heavy atom. The summed E-state index contributed by atoms with van der Waals surface area (Å²) in [4.78, 5) is 0. The molecule has 76 valence electrons. The minimum Gasteiger partial charge on any atom is -0.283 e. The van der Waals surface area contributed by atoms with Crippen molar-refractivity contribution in [3.05, 3.63) is 22.8 Å². The lowest BCUT2D eigenvalue weighted by Crippen LogP contribution is -2.38. The van der Waals surface area contributed by atoms with E-state index in [0.717, 1.165) is 6.07 Å². The van der Waals surface area contributed by atoms with Gasteiger partial charge in [0, 0.05) is 0 Å². The van der Waals surface area contributed by atoms with Crippen LogP contribution in [0.3, 0.4) is 0 Å². The highest BCUT2D eigenvalue weighted by Gasteiger charge is 2.36. The Kier molecular flexibility index (Phi) is 2.61. The number of rotatable bonds is 0. The van der Waals surface area contributed by atoms with Crippen LogP contribution >= 0.6 is 11.6 Å². The molecule has 0 saturated heterocycles. The molecule has 0 spiro atoms. The third-order valence-electron chi connectivity index (χ3n) is 1.28. The molecule has 0 radical (unpaired) electrons. The van der Waals surface area contributed by atoms with Crippen LogP contribution in [0.25, 0.3) is 0 Å². The van der Waals surface area contributed by atoms with E-state index in [1.54, 1.807) is 0 Å². The van der Waals surface area contributed by atoms with Gasteiger partial charge in [-0.2, -0.15) is 23.0 Å². The molecule has 0 unspecified atom stereocenters. The largest absolute Gasteiger partial charge is 0.451 e. The molecular formula is C6H4ClF3N4. The third kappa shape index (κ3) is 2.11. The van der Waals surface area contributed by atoms with Crippen molar-refractivity contribution in [3.63, 3.8) is 0 Å². The van der Waals surface area contributed by atoms with Crippen LogP contribution in [0.2, 0.25) is 5.15 Å². The van der Waals surface area contributed by atoms with Gasteiger partial charge in [0.15, 0.2) is 0 Å². The van der Waals surface area contributed by atoms with E-state index >= 15 is 0 Å². The van der Waals surface area contributed by atoms with Gasteiger partial charge in [-0.3, -0.25) is 10.8 Å². The lowest BCUT2D eigenvalue weighted by Gasteiger charge is -2.09. The van der Waals surface area contributed by atoms with E-state index in [9.17, 15) is 13.2 Å². The number of aromatic nitrogens is 2. The third-order valence-corrected chi connectivity index (χ3v) is 1.48. The molecule has 0 bridgehead atoms. The summed E-state index contributed by atoms with van der Waals surface area (Å²) >= 11 is 5.33. The average Bonchev–Trinajstić information content (AvgIpc) is 2.06. The summed E-state index contributed by atoms with van der Waals surface area (Å²) in [5.74, 6) is -1.75. The van der Waals surface area contributed by atoms with E-state index in [0.29, 0.717) is 0 Å². The molecule has 1 aromatic rings. The Bertz CT molecular complexity index is 422. The Balaban J connectivity index is 3.27. The number of hydrogen-bond acceptors (Lipinski definition) is 3. The number of alkyl halides is 3. The van der Waals surface area contributed by atoms with E-state index in [4.69, 9.17) is 22.4 Å². The molecule has 0 aliphatic heterocycles.